The zero-order valence-electron chi connectivity index (χ0n) is 20.0. The van der Waals surface area contributed by atoms with Gasteiger partial charge in [-0.3, -0.25) is 9.59 Å². The molecule has 1 aliphatic heterocycles. The molecule has 0 bridgehead atoms. The van der Waals surface area contributed by atoms with E-state index in [4.69, 9.17) is 15.6 Å². The van der Waals surface area contributed by atoms with E-state index in [1.54, 1.807) is 4.90 Å². The number of ether oxygens (including phenoxy) is 1. The molecule has 1 saturated carbocycles. The highest BCUT2D eigenvalue weighted by molar-refractivity contribution is 6.04. The van der Waals surface area contributed by atoms with Gasteiger partial charge in [0, 0.05) is 50.3 Å². The largest absolute Gasteiger partial charge is 0.481 e. The van der Waals surface area contributed by atoms with E-state index in [0.717, 1.165) is 12.1 Å². The molecule has 0 unspecified atom stereocenters. The number of nitrogens with zero attached hydrogens (tertiary/aromatic N) is 2. The molecular formula is C25H28F4N4O4. The number of aromatic nitrogens is 1. The van der Waals surface area contributed by atoms with Gasteiger partial charge in [-0.15, -0.1) is 0 Å². The molecule has 2 fully saturated rings. The lowest BCUT2D eigenvalue weighted by atomic mass is 9.92. The zero-order valence-corrected chi connectivity index (χ0v) is 20.0. The normalized spacial score (nSPS) is 19.6. The number of carbonyl (C=O) groups is 2. The van der Waals surface area contributed by atoms with Gasteiger partial charge in [0.15, 0.2) is 0 Å². The van der Waals surface area contributed by atoms with Crippen LogP contribution in [0.3, 0.4) is 0 Å². The average molecular weight is 525 g/mol. The van der Waals surface area contributed by atoms with E-state index in [1.165, 1.54) is 6.20 Å². The molecule has 1 saturated heterocycles. The van der Waals surface area contributed by atoms with E-state index < -0.39 is 35.5 Å². The fourth-order valence-electron chi connectivity index (χ4n) is 4.72. The van der Waals surface area contributed by atoms with E-state index >= 15 is 0 Å². The first kappa shape index (κ1) is 26.6. The second-order valence-electron chi connectivity index (χ2n) is 9.45. The number of carbonyl (C=O) groups excluding carboxylic acids is 1. The van der Waals surface area contributed by atoms with Gasteiger partial charge in [0.05, 0.1) is 23.2 Å². The van der Waals surface area contributed by atoms with Crippen LogP contribution >= 0.6 is 0 Å². The first-order valence-corrected chi connectivity index (χ1v) is 12.1. The quantitative estimate of drug-likeness (QED) is 0.451. The molecule has 12 heteroatoms. The van der Waals surface area contributed by atoms with Gasteiger partial charge in [0.1, 0.15) is 18.2 Å². The van der Waals surface area contributed by atoms with Gasteiger partial charge in [-0.1, -0.05) is 0 Å². The second-order valence-corrected chi connectivity index (χ2v) is 9.45. The number of benzene rings is 1. The highest BCUT2D eigenvalue weighted by Crippen LogP contribution is 2.42. The van der Waals surface area contributed by atoms with E-state index in [0.29, 0.717) is 25.6 Å². The van der Waals surface area contributed by atoms with Crippen LogP contribution in [0.1, 0.15) is 48.9 Å². The third kappa shape index (κ3) is 6.48. The summed E-state index contributed by atoms with van der Waals surface area (Å²) >= 11 is 0. The molecule has 2 aliphatic rings. The summed E-state index contributed by atoms with van der Waals surface area (Å²) in [5.41, 5.74) is 6.60. The van der Waals surface area contributed by atoms with Gasteiger partial charge in [-0.25, -0.2) is 22.5 Å². The van der Waals surface area contributed by atoms with Gasteiger partial charge in [-0.2, -0.15) is 0 Å². The summed E-state index contributed by atoms with van der Waals surface area (Å²) in [6.45, 7) is 0.494. The zero-order chi connectivity index (χ0) is 26.7. The summed E-state index contributed by atoms with van der Waals surface area (Å²) < 4.78 is 61.3. The van der Waals surface area contributed by atoms with Gasteiger partial charge in [0.2, 0.25) is 11.8 Å². The van der Waals surface area contributed by atoms with Gasteiger partial charge in [0.25, 0.3) is 5.91 Å². The molecule has 4 rings (SSSR count). The summed E-state index contributed by atoms with van der Waals surface area (Å²) in [6, 6.07) is 2.13. The van der Waals surface area contributed by atoms with Crippen molar-refractivity contribution in [2.75, 3.05) is 24.6 Å². The van der Waals surface area contributed by atoms with E-state index in [9.17, 15) is 27.2 Å². The van der Waals surface area contributed by atoms with Crippen LogP contribution < -0.4 is 20.7 Å². The molecule has 0 radical (unpaired) electrons. The van der Waals surface area contributed by atoms with Crippen LogP contribution in [0.25, 0.3) is 11.1 Å². The number of nitrogens with one attached hydrogen (secondary N) is 1. The summed E-state index contributed by atoms with van der Waals surface area (Å²) in [7, 11) is 0. The van der Waals surface area contributed by atoms with E-state index in [1.807, 2.05) is 0 Å². The predicted molar refractivity (Wildman–Crippen MR) is 127 cm³/mol. The van der Waals surface area contributed by atoms with Crippen molar-refractivity contribution in [2.45, 2.75) is 56.5 Å². The number of alkyl halides is 2. The van der Waals surface area contributed by atoms with Crippen LogP contribution in [0.15, 0.2) is 24.4 Å². The molecule has 0 spiro atoms. The molecule has 2 aromatic rings. The number of rotatable bonds is 8. The van der Waals surface area contributed by atoms with Crippen LogP contribution in [0.4, 0.5) is 23.2 Å². The van der Waals surface area contributed by atoms with E-state index in [-0.39, 0.29) is 73.0 Å². The third-order valence-electron chi connectivity index (χ3n) is 6.56. The summed E-state index contributed by atoms with van der Waals surface area (Å²) in [5, 5.41) is 11.8. The number of carboxylic acid groups (broad SMARTS) is 1. The lowest BCUT2D eigenvalue weighted by Gasteiger charge is -2.30. The lowest BCUT2D eigenvalue weighted by Crippen LogP contribution is -2.41. The summed E-state index contributed by atoms with van der Waals surface area (Å²) in [4.78, 5) is 30.4. The fraction of sp³-hybridized carbons (Fsp3) is 0.480. The molecular weight excluding hydrogens is 496 g/mol. The number of pyridine rings is 1. The SMILES string of the molecule is N[C@H]1CCN(c2c(C(=O)NC3CCC(F)(F)CC3)cnc(OCCC(=O)O)c2-c2cc(F)cc(F)c2)C1. The van der Waals surface area contributed by atoms with Crippen LogP contribution in [0, 0.1) is 11.6 Å². The number of hydrogen-bond donors (Lipinski definition) is 3. The Labute approximate surface area is 210 Å². The Balaban J connectivity index is 1.78. The number of halogens is 4. The molecule has 37 heavy (non-hydrogen) atoms. The Morgan fingerprint density at radius 2 is 1.84 bits per heavy atom. The van der Waals surface area contributed by atoms with Gasteiger partial charge in [-0.05, 0) is 37.0 Å². The first-order chi connectivity index (χ1) is 17.5. The number of aliphatic carboxylic acids is 1. The standard InChI is InChI=1S/C25H28F4N4O4/c26-15-9-14(10-16(27)11-15)21-22(33-7-3-17(30)13-33)19(12-31-24(21)37-8-4-20(34)35)23(36)32-18-1-5-25(28,29)6-2-18/h9-12,17-18H,1-8,13,30H2,(H,32,36)(H,34,35)/t17-/m0/s1. The van der Waals surface area contributed by atoms with Gasteiger partial charge < -0.3 is 25.8 Å². The minimum absolute atomic E-state index is 0.0396. The lowest BCUT2D eigenvalue weighted by molar-refractivity contribution is -0.137. The molecule has 1 aromatic heterocycles. The second kappa shape index (κ2) is 10.9. The first-order valence-electron chi connectivity index (χ1n) is 12.1. The van der Waals surface area contributed by atoms with Crippen molar-refractivity contribution in [2.24, 2.45) is 5.73 Å². The van der Waals surface area contributed by atoms with Crippen molar-refractivity contribution in [1.82, 2.24) is 10.3 Å². The Morgan fingerprint density at radius 3 is 2.43 bits per heavy atom. The Morgan fingerprint density at radius 1 is 1.16 bits per heavy atom. The Bertz CT molecular complexity index is 1150. The monoisotopic (exact) mass is 524 g/mol. The smallest absolute Gasteiger partial charge is 0.306 e. The number of hydrogen-bond acceptors (Lipinski definition) is 6. The van der Waals surface area contributed by atoms with Crippen LogP contribution in [0.5, 0.6) is 5.88 Å². The predicted octanol–water partition coefficient (Wildman–Crippen LogP) is 3.73. The average Bonchev–Trinajstić information content (AvgIpc) is 3.25. The Kier molecular flexibility index (Phi) is 7.86. The van der Waals surface area contributed by atoms with E-state index in [2.05, 4.69) is 10.3 Å². The van der Waals surface area contributed by atoms with Crippen LogP contribution in [-0.2, 0) is 4.79 Å². The highest BCUT2D eigenvalue weighted by Gasteiger charge is 2.36. The molecule has 1 amide bonds. The summed E-state index contributed by atoms with van der Waals surface area (Å²) in [6.07, 6.45) is 1.01. The maximum Gasteiger partial charge on any atom is 0.306 e. The van der Waals surface area contributed by atoms with Crippen molar-refractivity contribution < 1.29 is 37.0 Å². The molecule has 1 atom stereocenters. The maximum atomic E-state index is 14.3. The maximum absolute atomic E-state index is 14.3. The topological polar surface area (TPSA) is 118 Å². The molecule has 2 heterocycles. The highest BCUT2D eigenvalue weighted by atomic mass is 19.3. The molecule has 1 aliphatic carbocycles. The molecule has 8 nitrogen and oxygen atoms in total. The minimum atomic E-state index is -2.76. The van der Waals surface area contributed by atoms with Crippen LogP contribution in [-0.4, -0.2) is 59.7 Å². The number of anilines is 1. The van der Waals surface area contributed by atoms with Crippen molar-refractivity contribution in [1.29, 1.82) is 0 Å². The fourth-order valence-corrected chi connectivity index (χ4v) is 4.72. The van der Waals surface area contributed by atoms with Crippen molar-refractivity contribution in [3.63, 3.8) is 0 Å². The number of amides is 1. The van der Waals surface area contributed by atoms with Crippen molar-refractivity contribution in [3.05, 3.63) is 41.6 Å². The molecule has 1 aromatic carbocycles. The van der Waals surface area contributed by atoms with Crippen LogP contribution in [0.2, 0.25) is 0 Å². The van der Waals surface area contributed by atoms with Crippen molar-refractivity contribution in [3.8, 4) is 17.0 Å². The number of carboxylic acids is 1. The molecule has 4 N–H and O–H groups in total. The van der Waals surface area contributed by atoms with Crippen molar-refractivity contribution >= 4 is 17.6 Å². The number of nitrogens with two attached hydrogens (primary N) is 1. The Hall–Kier alpha value is -3.41. The summed E-state index contributed by atoms with van der Waals surface area (Å²) in [5.74, 6) is -6.28. The molecule has 200 valence electrons. The minimum Gasteiger partial charge on any atom is -0.481 e. The third-order valence-corrected chi connectivity index (χ3v) is 6.56. The van der Waals surface area contributed by atoms with Gasteiger partial charge >= 0.3 is 5.97 Å².